The van der Waals surface area contributed by atoms with Crippen LogP contribution in [0, 0.1) is 0 Å². The number of hydrogen-bond donors (Lipinski definition) is 0. The number of carbonyl (C=O) groups excluding carboxylic acids is 2. The average Bonchev–Trinajstić information content (AvgIpc) is 2.99. The summed E-state index contributed by atoms with van der Waals surface area (Å²) in [4.78, 5) is 32.5. The molecule has 1 aliphatic heterocycles. The molecule has 0 unspecified atom stereocenters. The lowest BCUT2D eigenvalue weighted by molar-refractivity contribution is 0.0716. The quantitative estimate of drug-likeness (QED) is 0.837. The van der Waals surface area contributed by atoms with Gasteiger partial charge in [0.1, 0.15) is 5.69 Å². The molecule has 0 N–H and O–H groups in total. The van der Waals surface area contributed by atoms with Gasteiger partial charge in [0.25, 0.3) is 11.8 Å². The van der Waals surface area contributed by atoms with E-state index in [1.165, 1.54) is 17.5 Å². The zero-order valence-corrected chi connectivity index (χ0v) is 14.0. The van der Waals surface area contributed by atoms with Gasteiger partial charge in [-0.2, -0.15) is 11.3 Å². The first-order chi connectivity index (χ1) is 11.1. The van der Waals surface area contributed by atoms with Gasteiger partial charge < -0.3 is 9.80 Å². The standard InChI is InChI=1S/C16H16ClN3O2S/c17-13-2-3-14(18-10-13)16(22)20-6-1-5-19(7-8-20)15(21)12-4-9-23-11-12/h2-4,9-11H,1,5-8H2. The molecule has 7 heteroatoms. The maximum Gasteiger partial charge on any atom is 0.272 e. The van der Waals surface area contributed by atoms with Gasteiger partial charge in [0, 0.05) is 37.8 Å². The first-order valence-corrected chi connectivity index (χ1v) is 8.69. The van der Waals surface area contributed by atoms with Crippen molar-refractivity contribution in [2.24, 2.45) is 0 Å². The molecule has 0 radical (unpaired) electrons. The van der Waals surface area contributed by atoms with Gasteiger partial charge in [-0.1, -0.05) is 11.6 Å². The Kier molecular flexibility index (Phi) is 4.93. The van der Waals surface area contributed by atoms with E-state index < -0.39 is 0 Å². The van der Waals surface area contributed by atoms with E-state index in [-0.39, 0.29) is 11.8 Å². The minimum absolute atomic E-state index is 0.0326. The highest BCUT2D eigenvalue weighted by Crippen LogP contribution is 2.14. The van der Waals surface area contributed by atoms with Gasteiger partial charge in [-0.25, -0.2) is 4.98 Å². The average molecular weight is 350 g/mol. The maximum atomic E-state index is 12.5. The van der Waals surface area contributed by atoms with Gasteiger partial charge >= 0.3 is 0 Å². The van der Waals surface area contributed by atoms with E-state index in [2.05, 4.69) is 4.98 Å². The first kappa shape index (κ1) is 16.0. The van der Waals surface area contributed by atoms with Gasteiger partial charge in [0.05, 0.1) is 10.6 Å². The lowest BCUT2D eigenvalue weighted by atomic mass is 10.3. The molecule has 0 saturated carbocycles. The number of nitrogens with zero attached hydrogens (tertiary/aromatic N) is 3. The number of thiophene rings is 1. The van der Waals surface area contributed by atoms with Crippen molar-refractivity contribution in [1.82, 2.24) is 14.8 Å². The smallest absolute Gasteiger partial charge is 0.272 e. The largest absolute Gasteiger partial charge is 0.337 e. The predicted molar refractivity (Wildman–Crippen MR) is 90.0 cm³/mol. The Morgan fingerprint density at radius 2 is 1.78 bits per heavy atom. The molecule has 1 fully saturated rings. The third kappa shape index (κ3) is 3.71. The summed E-state index contributed by atoms with van der Waals surface area (Å²) < 4.78 is 0. The van der Waals surface area contributed by atoms with Gasteiger partial charge in [0.15, 0.2) is 0 Å². The number of aromatic nitrogens is 1. The molecule has 0 bridgehead atoms. The molecule has 23 heavy (non-hydrogen) atoms. The summed E-state index contributed by atoms with van der Waals surface area (Å²) >= 11 is 7.31. The first-order valence-electron chi connectivity index (χ1n) is 7.37. The second kappa shape index (κ2) is 7.10. The summed E-state index contributed by atoms with van der Waals surface area (Å²) in [5.74, 6) is -0.0864. The molecule has 3 heterocycles. The second-order valence-corrected chi connectivity index (χ2v) is 6.53. The molecule has 2 amide bonds. The Balaban J connectivity index is 1.65. The van der Waals surface area contributed by atoms with E-state index in [1.54, 1.807) is 17.0 Å². The molecule has 0 aromatic carbocycles. The molecule has 0 atom stereocenters. The molecule has 3 rings (SSSR count). The molecular formula is C16H16ClN3O2S. The van der Waals surface area contributed by atoms with E-state index in [1.807, 2.05) is 21.7 Å². The van der Waals surface area contributed by atoms with E-state index in [0.29, 0.717) is 42.5 Å². The van der Waals surface area contributed by atoms with Gasteiger partial charge in [-0.15, -0.1) is 0 Å². The lowest BCUT2D eigenvalue weighted by Crippen LogP contribution is -2.37. The summed E-state index contributed by atoms with van der Waals surface area (Å²) in [6.07, 6.45) is 2.23. The highest BCUT2D eigenvalue weighted by Gasteiger charge is 2.24. The highest BCUT2D eigenvalue weighted by molar-refractivity contribution is 7.08. The molecule has 0 spiro atoms. The Morgan fingerprint density at radius 3 is 2.39 bits per heavy atom. The summed E-state index contributed by atoms with van der Waals surface area (Å²) in [7, 11) is 0. The Morgan fingerprint density at radius 1 is 1.04 bits per heavy atom. The molecule has 2 aromatic rings. The van der Waals surface area contributed by atoms with E-state index in [4.69, 9.17) is 11.6 Å². The fraction of sp³-hybridized carbons (Fsp3) is 0.312. The minimum Gasteiger partial charge on any atom is -0.337 e. The van der Waals surface area contributed by atoms with E-state index in [0.717, 1.165) is 6.42 Å². The molecule has 5 nitrogen and oxygen atoms in total. The minimum atomic E-state index is -0.119. The van der Waals surface area contributed by atoms with Crippen LogP contribution in [0.5, 0.6) is 0 Å². The van der Waals surface area contributed by atoms with Crippen molar-refractivity contribution in [1.29, 1.82) is 0 Å². The molecule has 2 aromatic heterocycles. The van der Waals surface area contributed by atoms with Crippen molar-refractivity contribution >= 4 is 34.8 Å². The Hall–Kier alpha value is -1.92. The molecule has 1 saturated heterocycles. The van der Waals surface area contributed by atoms with Crippen LogP contribution in [0.4, 0.5) is 0 Å². The number of amides is 2. The fourth-order valence-corrected chi connectivity index (χ4v) is 3.30. The lowest BCUT2D eigenvalue weighted by Gasteiger charge is -2.21. The van der Waals surface area contributed by atoms with Crippen LogP contribution in [0.15, 0.2) is 35.2 Å². The van der Waals surface area contributed by atoms with Crippen molar-refractivity contribution in [2.75, 3.05) is 26.2 Å². The SMILES string of the molecule is O=C(c1ccsc1)N1CCCN(C(=O)c2ccc(Cl)cn2)CC1. The van der Waals surface area contributed by atoms with Gasteiger partial charge in [0.2, 0.25) is 0 Å². The van der Waals surface area contributed by atoms with Crippen molar-refractivity contribution in [3.8, 4) is 0 Å². The van der Waals surface area contributed by atoms with Crippen LogP contribution in [-0.4, -0.2) is 52.8 Å². The summed E-state index contributed by atoms with van der Waals surface area (Å²) in [6.45, 7) is 2.33. The van der Waals surface area contributed by atoms with Gasteiger partial charge in [-0.3, -0.25) is 9.59 Å². The Bertz CT molecular complexity index is 688. The van der Waals surface area contributed by atoms with Crippen LogP contribution in [-0.2, 0) is 0 Å². The van der Waals surface area contributed by atoms with Crippen molar-refractivity contribution in [2.45, 2.75) is 6.42 Å². The third-order valence-corrected chi connectivity index (χ3v) is 4.69. The number of carbonyl (C=O) groups is 2. The van der Waals surface area contributed by atoms with Crippen LogP contribution in [0.25, 0.3) is 0 Å². The maximum absolute atomic E-state index is 12.5. The van der Waals surface area contributed by atoms with Crippen LogP contribution in [0.1, 0.15) is 27.3 Å². The number of rotatable bonds is 2. The monoisotopic (exact) mass is 349 g/mol. The van der Waals surface area contributed by atoms with Crippen LogP contribution < -0.4 is 0 Å². The topological polar surface area (TPSA) is 53.5 Å². The summed E-state index contributed by atoms with van der Waals surface area (Å²) in [6, 6.07) is 5.12. The predicted octanol–water partition coefficient (Wildman–Crippen LogP) is 2.78. The van der Waals surface area contributed by atoms with E-state index in [9.17, 15) is 9.59 Å². The second-order valence-electron chi connectivity index (χ2n) is 5.31. The van der Waals surface area contributed by atoms with Crippen LogP contribution in [0.2, 0.25) is 5.02 Å². The van der Waals surface area contributed by atoms with Crippen molar-refractivity contribution in [3.05, 3.63) is 51.4 Å². The fourth-order valence-electron chi connectivity index (χ4n) is 2.56. The highest BCUT2D eigenvalue weighted by atomic mass is 35.5. The molecule has 120 valence electrons. The van der Waals surface area contributed by atoms with E-state index >= 15 is 0 Å². The normalized spacial score (nSPS) is 15.3. The number of halogens is 1. The van der Waals surface area contributed by atoms with Crippen LogP contribution >= 0.6 is 22.9 Å². The Labute approximate surface area is 143 Å². The molecule has 1 aliphatic rings. The number of pyridine rings is 1. The third-order valence-electron chi connectivity index (χ3n) is 3.78. The van der Waals surface area contributed by atoms with Crippen LogP contribution in [0.3, 0.4) is 0 Å². The number of hydrogen-bond acceptors (Lipinski definition) is 4. The summed E-state index contributed by atoms with van der Waals surface area (Å²) in [5, 5.41) is 4.26. The van der Waals surface area contributed by atoms with Crippen molar-refractivity contribution in [3.63, 3.8) is 0 Å². The van der Waals surface area contributed by atoms with Crippen molar-refractivity contribution < 1.29 is 9.59 Å². The molecular weight excluding hydrogens is 334 g/mol. The molecule has 0 aliphatic carbocycles. The zero-order valence-electron chi connectivity index (χ0n) is 12.4. The summed E-state index contributed by atoms with van der Waals surface area (Å²) in [5.41, 5.74) is 1.10. The zero-order chi connectivity index (χ0) is 16.2. The van der Waals surface area contributed by atoms with Gasteiger partial charge in [-0.05, 0) is 30.0 Å².